The molecule has 0 N–H and O–H groups in total. The lowest BCUT2D eigenvalue weighted by Crippen LogP contribution is -2.40. The summed E-state index contributed by atoms with van der Waals surface area (Å²) in [6, 6.07) is 10.1. The van der Waals surface area contributed by atoms with Crippen LogP contribution in [0.4, 0.5) is 0 Å². The molecule has 0 fully saturated rings. The van der Waals surface area contributed by atoms with Gasteiger partial charge in [0.1, 0.15) is 0 Å². The van der Waals surface area contributed by atoms with Gasteiger partial charge < -0.3 is 4.90 Å². The van der Waals surface area contributed by atoms with E-state index in [1.165, 1.54) is 10.4 Å². The first-order valence-corrected chi connectivity index (χ1v) is 9.67. The Labute approximate surface area is 144 Å². The molecule has 5 heteroatoms. The molecule has 2 aromatic rings. The van der Waals surface area contributed by atoms with Crippen LogP contribution in [-0.4, -0.2) is 23.1 Å². The lowest BCUT2D eigenvalue weighted by Gasteiger charge is -2.35. The minimum atomic E-state index is 0.226. The highest BCUT2D eigenvalue weighted by molar-refractivity contribution is 8.00. The van der Waals surface area contributed by atoms with Crippen LogP contribution in [0.2, 0.25) is 5.02 Å². The number of carbonyl (C=O) groups excluding carboxylic acids is 1. The predicted octanol–water partition coefficient (Wildman–Crippen LogP) is 5.03. The molecule has 116 valence electrons. The monoisotopic (exact) mass is 351 g/mol. The molecule has 1 aliphatic rings. The van der Waals surface area contributed by atoms with Crippen LogP contribution in [0.1, 0.15) is 29.8 Å². The molecule has 2 nitrogen and oxygen atoms in total. The Hall–Kier alpha value is -0.970. The van der Waals surface area contributed by atoms with Gasteiger partial charge in [-0.25, -0.2) is 0 Å². The standard InChI is InChI=1S/C17H18ClNOS2/c1-2-15-14-8-10-21-16(14)7-9-19(15)17(20)11-22-13-5-3-12(18)4-6-13/h3-6,8,10,15H,2,7,9,11H2,1H3. The fourth-order valence-corrected chi connectivity index (χ4v) is 4.73. The number of hydrogen-bond donors (Lipinski definition) is 0. The highest BCUT2D eigenvalue weighted by atomic mass is 35.5. The summed E-state index contributed by atoms with van der Waals surface area (Å²) in [4.78, 5) is 17.2. The first-order chi connectivity index (χ1) is 10.7. The van der Waals surface area contributed by atoms with Gasteiger partial charge >= 0.3 is 0 Å². The third-order valence-corrected chi connectivity index (χ3v) is 6.22. The van der Waals surface area contributed by atoms with Gasteiger partial charge in [-0.3, -0.25) is 4.79 Å². The second-order valence-electron chi connectivity index (χ2n) is 5.30. The molecule has 2 heterocycles. The second kappa shape index (κ2) is 7.07. The molecule has 1 atom stereocenters. The third kappa shape index (κ3) is 3.34. The van der Waals surface area contributed by atoms with Crippen molar-refractivity contribution in [3.8, 4) is 0 Å². The summed E-state index contributed by atoms with van der Waals surface area (Å²) in [7, 11) is 0. The van der Waals surface area contributed by atoms with E-state index in [1.54, 1.807) is 11.8 Å². The molecule has 0 radical (unpaired) electrons. The van der Waals surface area contributed by atoms with Crippen LogP contribution in [0.3, 0.4) is 0 Å². The number of nitrogens with zero attached hydrogens (tertiary/aromatic N) is 1. The fraction of sp³-hybridized carbons (Fsp3) is 0.353. The highest BCUT2D eigenvalue weighted by Crippen LogP contribution is 2.35. The maximum atomic E-state index is 12.6. The first kappa shape index (κ1) is 15.9. The van der Waals surface area contributed by atoms with E-state index in [0.717, 1.165) is 29.3 Å². The van der Waals surface area contributed by atoms with Crippen LogP contribution < -0.4 is 0 Å². The fourth-order valence-electron chi connectivity index (χ4n) is 2.89. The van der Waals surface area contributed by atoms with E-state index in [1.807, 2.05) is 35.6 Å². The molecule has 1 unspecified atom stereocenters. The summed E-state index contributed by atoms with van der Waals surface area (Å²) >= 11 is 9.28. The number of rotatable bonds is 4. The Morgan fingerprint density at radius 1 is 1.36 bits per heavy atom. The molecular formula is C17H18ClNOS2. The van der Waals surface area contributed by atoms with Crippen molar-refractivity contribution >= 4 is 40.6 Å². The minimum absolute atomic E-state index is 0.226. The van der Waals surface area contributed by atoms with Crippen LogP contribution in [0.25, 0.3) is 0 Å². The summed E-state index contributed by atoms with van der Waals surface area (Å²) in [5.41, 5.74) is 1.35. The number of amides is 1. The molecule has 1 amide bonds. The average molecular weight is 352 g/mol. The zero-order chi connectivity index (χ0) is 15.5. The molecule has 0 spiro atoms. The molecule has 0 saturated carbocycles. The van der Waals surface area contributed by atoms with Crippen LogP contribution in [-0.2, 0) is 11.2 Å². The van der Waals surface area contributed by atoms with Crippen molar-refractivity contribution in [2.45, 2.75) is 30.7 Å². The molecule has 0 bridgehead atoms. The Kier molecular flexibility index (Phi) is 5.11. The zero-order valence-corrected chi connectivity index (χ0v) is 14.8. The molecule has 22 heavy (non-hydrogen) atoms. The smallest absolute Gasteiger partial charge is 0.233 e. The van der Waals surface area contributed by atoms with Gasteiger partial charge in [-0.1, -0.05) is 18.5 Å². The van der Waals surface area contributed by atoms with Crippen molar-refractivity contribution in [3.63, 3.8) is 0 Å². The van der Waals surface area contributed by atoms with Crippen LogP contribution in [0, 0.1) is 0 Å². The lowest BCUT2D eigenvalue weighted by atomic mass is 9.98. The zero-order valence-electron chi connectivity index (χ0n) is 12.4. The van der Waals surface area contributed by atoms with E-state index in [4.69, 9.17) is 11.6 Å². The van der Waals surface area contributed by atoms with Gasteiger partial charge in [-0.2, -0.15) is 0 Å². The summed E-state index contributed by atoms with van der Waals surface area (Å²) in [6.07, 6.45) is 1.96. The van der Waals surface area contributed by atoms with Gasteiger partial charge in [-0.05, 0) is 54.1 Å². The van der Waals surface area contributed by atoms with Crippen molar-refractivity contribution in [3.05, 3.63) is 51.2 Å². The van der Waals surface area contributed by atoms with Crippen molar-refractivity contribution in [1.29, 1.82) is 0 Å². The molecule has 1 aliphatic heterocycles. The van der Waals surface area contributed by atoms with E-state index in [2.05, 4.69) is 23.3 Å². The Morgan fingerprint density at radius 3 is 2.86 bits per heavy atom. The van der Waals surface area contributed by atoms with E-state index in [0.29, 0.717) is 5.75 Å². The quantitative estimate of drug-likeness (QED) is 0.720. The van der Waals surface area contributed by atoms with Crippen LogP contribution >= 0.6 is 34.7 Å². The molecule has 3 rings (SSSR count). The number of carbonyl (C=O) groups is 1. The van der Waals surface area contributed by atoms with Crippen molar-refractivity contribution in [2.75, 3.05) is 12.3 Å². The molecule has 0 saturated heterocycles. The Bertz CT molecular complexity index is 653. The maximum Gasteiger partial charge on any atom is 0.233 e. The number of fused-ring (bicyclic) bond motifs is 1. The Morgan fingerprint density at radius 2 is 2.14 bits per heavy atom. The lowest BCUT2D eigenvalue weighted by molar-refractivity contribution is -0.131. The largest absolute Gasteiger partial charge is 0.335 e. The summed E-state index contributed by atoms with van der Waals surface area (Å²) in [6.45, 7) is 3.00. The highest BCUT2D eigenvalue weighted by Gasteiger charge is 2.29. The molecule has 1 aromatic heterocycles. The first-order valence-electron chi connectivity index (χ1n) is 7.43. The van der Waals surface area contributed by atoms with Crippen LogP contribution in [0.5, 0.6) is 0 Å². The van der Waals surface area contributed by atoms with Crippen molar-refractivity contribution in [1.82, 2.24) is 4.90 Å². The minimum Gasteiger partial charge on any atom is -0.335 e. The van der Waals surface area contributed by atoms with E-state index < -0.39 is 0 Å². The van der Waals surface area contributed by atoms with Gasteiger partial charge in [0.15, 0.2) is 0 Å². The SMILES string of the molecule is CCC1c2ccsc2CCN1C(=O)CSc1ccc(Cl)cc1. The van der Waals surface area contributed by atoms with Crippen LogP contribution in [0.15, 0.2) is 40.6 Å². The number of halogens is 1. The van der Waals surface area contributed by atoms with Gasteiger partial charge in [0, 0.05) is 21.3 Å². The summed E-state index contributed by atoms with van der Waals surface area (Å²) in [5.74, 6) is 0.709. The predicted molar refractivity (Wildman–Crippen MR) is 94.9 cm³/mol. The Balaban J connectivity index is 1.66. The van der Waals surface area contributed by atoms with Gasteiger partial charge in [0.05, 0.1) is 11.8 Å². The van der Waals surface area contributed by atoms with Crippen molar-refractivity contribution < 1.29 is 4.79 Å². The normalized spacial score (nSPS) is 17.4. The van der Waals surface area contributed by atoms with Gasteiger partial charge in [-0.15, -0.1) is 23.1 Å². The van der Waals surface area contributed by atoms with Crippen molar-refractivity contribution in [2.24, 2.45) is 0 Å². The number of thiophene rings is 1. The number of thioether (sulfide) groups is 1. The third-order valence-electron chi connectivity index (χ3n) is 3.98. The average Bonchev–Trinajstić information content (AvgIpc) is 3.01. The summed E-state index contributed by atoms with van der Waals surface area (Å²) < 4.78 is 0. The number of hydrogen-bond acceptors (Lipinski definition) is 3. The molecule has 0 aliphatic carbocycles. The van der Waals surface area contributed by atoms with Gasteiger partial charge in [0.25, 0.3) is 0 Å². The molecule has 1 aromatic carbocycles. The molecular weight excluding hydrogens is 334 g/mol. The van der Waals surface area contributed by atoms with E-state index in [9.17, 15) is 4.79 Å². The van der Waals surface area contributed by atoms with Gasteiger partial charge in [0.2, 0.25) is 5.91 Å². The summed E-state index contributed by atoms with van der Waals surface area (Å²) in [5, 5.41) is 2.87. The van der Waals surface area contributed by atoms with E-state index >= 15 is 0 Å². The topological polar surface area (TPSA) is 20.3 Å². The van der Waals surface area contributed by atoms with E-state index in [-0.39, 0.29) is 11.9 Å². The number of benzene rings is 1. The second-order valence-corrected chi connectivity index (χ2v) is 7.79. The maximum absolute atomic E-state index is 12.6.